The highest BCUT2D eigenvalue weighted by Crippen LogP contribution is 2.51. The van der Waals surface area contributed by atoms with Gasteiger partial charge in [-0.3, -0.25) is 4.90 Å². The number of methoxy groups -OCH3 is 2. The first-order chi connectivity index (χ1) is 13.1. The van der Waals surface area contributed by atoms with Crippen LogP contribution in [0.4, 0.5) is 0 Å². The summed E-state index contributed by atoms with van der Waals surface area (Å²) in [5.41, 5.74) is 6.08. The normalized spacial score (nSPS) is 27.9. The van der Waals surface area contributed by atoms with E-state index >= 15 is 0 Å². The molecule has 0 unspecified atom stereocenters. The topological polar surface area (TPSA) is 21.7 Å². The molecule has 1 aromatic carbocycles. The van der Waals surface area contributed by atoms with E-state index in [0.29, 0.717) is 6.04 Å². The van der Waals surface area contributed by atoms with E-state index in [0.717, 1.165) is 31.6 Å². The maximum atomic E-state index is 5.42. The number of nitrogens with zero attached hydrogens (tertiary/aromatic N) is 1. The van der Waals surface area contributed by atoms with Gasteiger partial charge in [-0.15, -0.1) is 0 Å². The molecule has 2 atom stereocenters. The lowest BCUT2D eigenvalue weighted by molar-refractivity contribution is -0.107. The van der Waals surface area contributed by atoms with Gasteiger partial charge in [0.2, 0.25) is 0 Å². The van der Waals surface area contributed by atoms with Gasteiger partial charge in [0.05, 0.1) is 0 Å². The number of ether oxygens (including phenoxy) is 2. The van der Waals surface area contributed by atoms with Crippen LogP contribution in [-0.2, 0) is 21.3 Å². The first kappa shape index (κ1) is 19.2. The van der Waals surface area contributed by atoms with Gasteiger partial charge >= 0.3 is 0 Å². The zero-order valence-corrected chi connectivity index (χ0v) is 17.3. The van der Waals surface area contributed by atoms with Crippen LogP contribution in [0.5, 0.6) is 0 Å². The maximum Gasteiger partial charge on any atom is 0.156 e. The highest BCUT2D eigenvalue weighted by Gasteiger charge is 2.48. The molecule has 3 nitrogen and oxygen atoms in total. The Morgan fingerprint density at radius 3 is 2.74 bits per heavy atom. The molecule has 0 N–H and O–H groups in total. The van der Waals surface area contributed by atoms with Gasteiger partial charge in [0.1, 0.15) is 0 Å². The summed E-state index contributed by atoms with van der Waals surface area (Å²) in [4.78, 5) is 2.74. The van der Waals surface area contributed by atoms with Crippen LogP contribution in [0.3, 0.4) is 0 Å². The van der Waals surface area contributed by atoms with Crippen LogP contribution < -0.4 is 0 Å². The summed E-state index contributed by atoms with van der Waals surface area (Å²) in [6.45, 7) is 9.42. The second kappa shape index (κ2) is 7.69. The third-order valence-corrected chi connectivity index (χ3v) is 7.24. The van der Waals surface area contributed by atoms with E-state index in [1.54, 1.807) is 25.3 Å². The van der Waals surface area contributed by atoms with E-state index in [-0.39, 0.29) is 11.7 Å². The van der Waals surface area contributed by atoms with E-state index in [1.165, 1.54) is 43.5 Å². The molecule has 2 bridgehead atoms. The van der Waals surface area contributed by atoms with Gasteiger partial charge in [-0.25, -0.2) is 0 Å². The average molecular weight is 370 g/mol. The van der Waals surface area contributed by atoms with Crippen molar-refractivity contribution in [2.75, 3.05) is 27.3 Å². The van der Waals surface area contributed by atoms with Crippen LogP contribution in [0.1, 0.15) is 55.2 Å². The van der Waals surface area contributed by atoms with Crippen molar-refractivity contribution in [3.8, 4) is 0 Å². The lowest BCUT2D eigenvalue weighted by atomic mass is 9.59. The predicted octanol–water partition coefficient (Wildman–Crippen LogP) is 4.62. The molecule has 2 fully saturated rings. The molecule has 0 spiro atoms. The molecular weight excluding hydrogens is 334 g/mol. The van der Waals surface area contributed by atoms with Gasteiger partial charge in [-0.2, -0.15) is 0 Å². The molecule has 3 heteroatoms. The predicted molar refractivity (Wildman–Crippen MR) is 110 cm³/mol. The molecule has 3 aliphatic rings. The Labute approximate surface area is 164 Å². The van der Waals surface area contributed by atoms with Crippen LogP contribution in [0.25, 0.3) is 0 Å². The summed E-state index contributed by atoms with van der Waals surface area (Å²) >= 11 is 0. The Morgan fingerprint density at radius 1 is 1.26 bits per heavy atom. The van der Waals surface area contributed by atoms with Crippen LogP contribution in [0.15, 0.2) is 30.4 Å². The summed E-state index contributed by atoms with van der Waals surface area (Å²) in [5.74, 6) is 0.939. The smallest absolute Gasteiger partial charge is 0.156 e. The standard InChI is InChI=1S/C24H35NO2/c1-17-7-10-20-15-22-18(2)24(21(20)14-17,11-5-6-23(26-3)27-4)12-13-25(22)16-19-8-9-19/h7,10,14,19,22-23H,2,5-6,8-9,11-13,15-16H2,1,3-4H3/t22-,24-/m1/s1. The summed E-state index contributed by atoms with van der Waals surface area (Å²) in [5, 5.41) is 0. The molecule has 0 amide bonds. The molecule has 1 aromatic rings. The summed E-state index contributed by atoms with van der Waals surface area (Å²) in [6, 6.07) is 7.63. The van der Waals surface area contributed by atoms with Crippen molar-refractivity contribution in [2.24, 2.45) is 5.92 Å². The van der Waals surface area contributed by atoms with E-state index < -0.39 is 0 Å². The summed E-state index contributed by atoms with van der Waals surface area (Å²) in [6.07, 6.45) is 8.30. The molecule has 2 aliphatic carbocycles. The Morgan fingerprint density at radius 2 is 2.04 bits per heavy atom. The largest absolute Gasteiger partial charge is 0.356 e. The molecule has 1 saturated carbocycles. The third-order valence-electron chi connectivity index (χ3n) is 7.24. The number of fused-ring (bicyclic) bond motifs is 4. The summed E-state index contributed by atoms with van der Waals surface area (Å²) < 4.78 is 10.8. The zero-order valence-electron chi connectivity index (χ0n) is 17.3. The number of likely N-dealkylation sites (tertiary alicyclic amines) is 1. The number of rotatable bonds is 8. The molecule has 1 heterocycles. The van der Waals surface area contributed by atoms with Gasteiger partial charge in [-0.05, 0) is 81.0 Å². The molecule has 148 valence electrons. The van der Waals surface area contributed by atoms with Gasteiger partial charge in [0.15, 0.2) is 6.29 Å². The molecule has 27 heavy (non-hydrogen) atoms. The van der Waals surface area contributed by atoms with Crippen molar-refractivity contribution in [2.45, 2.75) is 69.6 Å². The van der Waals surface area contributed by atoms with Crippen molar-refractivity contribution in [3.63, 3.8) is 0 Å². The van der Waals surface area contributed by atoms with Gasteiger partial charge in [0.25, 0.3) is 0 Å². The Kier molecular flexibility index (Phi) is 5.46. The lowest BCUT2D eigenvalue weighted by Crippen LogP contribution is -2.55. The molecule has 1 aliphatic heterocycles. The fourth-order valence-corrected chi connectivity index (χ4v) is 5.45. The van der Waals surface area contributed by atoms with Crippen LogP contribution in [0.2, 0.25) is 0 Å². The fraction of sp³-hybridized carbons (Fsp3) is 0.667. The second-order valence-electron chi connectivity index (χ2n) is 8.97. The molecule has 0 radical (unpaired) electrons. The SMILES string of the molecule is C=C1[C@H]2Cc3ccc(C)cc3[C@]1(CCCC(OC)OC)CCN2CC1CC1. The average Bonchev–Trinajstić information content (AvgIpc) is 3.48. The van der Waals surface area contributed by atoms with Crippen molar-refractivity contribution in [3.05, 3.63) is 47.0 Å². The minimum Gasteiger partial charge on any atom is -0.356 e. The van der Waals surface area contributed by atoms with Crippen molar-refractivity contribution < 1.29 is 9.47 Å². The van der Waals surface area contributed by atoms with E-state index in [2.05, 4.69) is 30.0 Å². The van der Waals surface area contributed by atoms with Crippen LogP contribution in [-0.4, -0.2) is 44.5 Å². The number of hydrogen-bond acceptors (Lipinski definition) is 3. The molecule has 4 rings (SSSR count). The Bertz CT molecular complexity index is 692. The van der Waals surface area contributed by atoms with Gasteiger partial charge in [0, 0.05) is 32.2 Å². The maximum absolute atomic E-state index is 5.42. The first-order valence-electron chi connectivity index (χ1n) is 10.7. The Balaban J connectivity index is 1.61. The van der Waals surface area contributed by atoms with E-state index in [9.17, 15) is 0 Å². The monoisotopic (exact) mass is 369 g/mol. The zero-order chi connectivity index (χ0) is 19.0. The molecule has 1 saturated heterocycles. The first-order valence-corrected chi connectivity index (χ1v) is 10.7. The van der Waals surface area contributed by atoms with Crippen LogP contribution in [0, 0.1) is 12.8 Å². The number of benzene rings is 1. The highest BCUT2D eigenvalue weighted by molar-refractivity contribution is 5.50. The molecule has 0 aromatic heterocycles. The quantitative estimate of drug-likeness (QED) is 0.493. The van der Waals surface area contributed by atoms with E-state index in [1.807, 2.05) is 0 Å². The minimum absolute atomic E-state index is 0.0963. The van der Waals surface area contributed by atoms with Crippen molar-refractivity contribution >= 4 is 0 Å². The van der Waals surface area contributed by atoms with Crippen molar-refractivity contribution in [1.29, 1.82) is 0 Å². The van der Waals surface area contributed by atoms with E-state index in [4.69, 9.17) is 16.1 Å². The second-order valence-corrected chi connectivity index (χ2v) is 8.97. The number of aryl methyl sites for hydroxylation is 1. The summed E-state index contributed by atoms with van der Waals surface area (Å²) in [7, 11) is 3.47. The minimum atomic E-state index is -0.0963. The van der Waals surface area contributed by atoms with Gasteiger partial charge in [-0.1, -0.05) is 30.3 Å². The van der Waals surface area contributed by atoms with Gasteiger partial charge < -0.3 is 9.47 Å². The number of piperidine rings is 1. The van der Waals surface area contributed by atoms with Crippen LogP contribution >= 0.6 is 0 Å². The fourth-order valence-electron chi connectivity index (χ4n) is 5.45. The number of hydrogen-bond donors (Lipinski definition) is 0. The van der Waals surface area contributed by atoms with Crippen molar-refractivity contribution in [1.82, 2.24) is 4.90 Å². The third kappa shape index (κ3) is 3.62. The Hall–Kier alpha value is -1.16. The highest BCUT2D eigenvalue weighted by atomic mass is 16.7. The lowest BCUT2D eigenvalue weighted by Gasteiger charge is -2.53. The molecular formula is C24H35NO2.